The number of rotatable bonds is 3. The van der Waals surface area contributed by atoms with E-state index in [-0.39, 0.29) is 0 Å². The Hall–Kier alpha value is -0.570. The van der Waals surface area contributed by atoms with Crippen molar-refractivity contribution in [3.8, 4) is 0 Å². The van der Waals surface area contributed by atoms with Gasteiger partial charge < -0.3 is 10.1 Å². The smallest absolute Gasteiger partial charge is 0.0729 e. The second-order valence-corrected chi connectivity index (χ2v) is 4.88. The predicted molar refractivity (Wildman–Crippen MR) is 66.7 cm³/mol. The van der Waals surface area contributed by atoms with E-state index in [1.54, 1.807) is 0 Å². The number of benzene rings is 1. The molecule has 1 aromatic carbocycles. The molecular weight excluding hydrogens is 222 g/mol. The van der Waals surface area contributed by atoms with Crippen LogP contribution in [-0.2, 0) is 11.3 Å². The Bertz CT molecular complexity index is 325. The Morgan fingerprint density at radius 3 is 2.81 bits per heavy atom. The van der Waals surface area contributed by atoms with Crippen molar-refractivity contribution >= 4 is 11.6 Å². The van der Waals surface area contributed by atoms with Gasteiger partial charge in [0, 0.05) is 11.6 Å². The van der Waals surface area contributed by atoms with Gasteiger partial charge >= 0.3 is 0 Å². The summed E-state index contributed by atoms with van der Waals surface area (Å²) < 4.78 is 5.92. The summed E-state index contributed by atoms with van der Waals surface area (Å²) in [5.74, 6) is 0.647. The van der Waals surface area contributed by atoms with Crippen molar-refractivity contribution in [3.05, 3.63) is 34.9 Å². The topological polar surface area (TPSA) is 21.3 Å². The van der Waals surface area contributed by atoms with Gasteiger partial charge in [-0.25, -0.2) is 0 Å². The van der Waals surface area contributed by atoms with Gasteiger partial charge in [-0.1, -0.05) is 30.7 Å². The first-order chi connectivity index (χ1) is 7.75. The van der Waals surface area contributed by atoms with Crippen LogP contribution in [0, 0.1) is 5.92 Å². The Morgan fingerprint density at radius 2 is 2.12 bits per heavy atom. The van der Waals surface area contributed by atoms with Gasteiger partial charge in [-0.15, -0.1) is 0 Å². The second-order valence-electron chi connectivity index (χ2n) is 4.45. The Kier molecular flexibility index (Phi) is 4.22. The number of halogens is 1. The number of hydrogen-bond donors (Lipinski definition) is 1. The molecule has 0 amide bonds. The minimum atomic E-state index is 0.337. The minimum absolute atomic E-state index is 0.337. The van der Waals surface area contributed by atoms with Crippen LogP contribution in [-0.4, -0.2) is 19.2 Å². The molecular formula is C13H18ClNO. The Morgan fingerprint density at radius 1 is 1.38 bits per heavy atom. The summed E-state index contributed by atoms with van der Waals surface area (Å²) in [6.45, 7) is 5.01. The number of nitrogens with one attached hydrogen (secondary N) is 1. The third kappa shape index (κ3) is 3.21. The van der Waals surface area contributed by atoms with Crippen LogP contribution in [0.25, 0.3) is 0 Å². The van der Waals surface area contributed by atoms with Gasteiger partial charge in [-0.05, 0) is 36.6 Å². The van der Waals surface area contributed by atoms with E-state index in [2.05, 4.69) is 12.2 Å². The maximum Gasteiger partial charge on any atom is 0.0729 e. The summed E-state index contributed by atoms with van der Waals surface area (Å²) in [5.41, 5.74) is 1.18. The van der Waals surface area contributed by atoms with E-state index in [1.807, 2.05) is 24.3 Å². The zero-order valence-electron chi connectivity index (χ0n) is 9.58. The number of ether oxygens (including phenoxy) is 1. The maximum atomic E-state index is 5.92. The third-order valence-electron chi connectivity index (χ3n) is 3.13. The van der Waals surface area contributed by atoms with E-state index in [0.29, 0.717) is 18.6 Å². The second kappa shape index (κ2) is 5.67. The standard InChI is InChI=1S/C13H18ClNO/c1-10-6-7-15-8-13(10)16-9-11-2-4-12(14)5-3-11/h2-5,10,13,15H,6-9H2,1H3. The fourth-order valence-corrected chi connectivity index (χ4v) is 2.09. The average Bonchev–Trinajstić information content (AvgIpc) is 2.30. The summed E-state index contributed by atoms with van der Waals surface area (Å²) in [5, 5.41) is 4.14. The summed E-state index contributed by atoms with van der Waals surface area (Å²) in [4.78, 5) is 0. The molecule has 2 atom stereocenters. The molecule has 1 saturated heterocycles. The van der Waals surface area contributed by atoms with E-state index in [4.69, 9.17) is 16.3 Å². The SMILES string of the molecule is CC1CCNCC1OCc1ccc(Cl)cc1. The summed E-state index contributed by atoms with van der Waals surface area (Å²) in [6, 6.07) is 7.85. The summed E-state index contributed by atoms with van der Waals surface area (Å²) >= 11 is 5.83. The van der Waals surface area contributed by atoms with Gasteiger partial charge in [0.25, 0.3) is 0 Å². The molecule has 0 aliphatic carbocycles. The lowest BCUT2D eigenvalue weighted by molar-refractivity contribution is -0.00657. The first kappa shape index (κ1) is 11.9. The van der Waals surface area contributed by atoms with E-state index in [9.17, 15) is 0 Å². The molecule has 2 nitrogen and oxygen atoms in total. The highest BCUT2D eigenvalue weighted by Gasteiger charge is 2.21. The molecule has 88 valence electrons. The lowest BCUT2D eigenvalue weighted by atomic mass is 9.97. The highest BCUT2D eigenvalue weighted by molar-refractivity contribution is 6.30. The fraction of sp³-hybridized carbons (Fsp3) is 0.538. The molecule has 0 spiro atoms. The van der Waals surface area contributed by atoms with Gasteiger partial charge in [0.1, 0.15) is 0 Å². The van der Waals surface area contributed by atoms with Gasteiger partial charge in [-0.3, -0.25) is 0 Å². The lowest BCUT2D eigenvalue weighted by Crippen LogP contribution is -2.40. The van der Waals surface area contributed by atoms with Crippen LogP contribution >= 0.6 is 11.6 Å². The zero-order chi connectivity index (χ0) is 11.4. The molecule has 1 aliphatic rings. The Labute approximate surface area is 102 Å². The van der Waals surface area contributed by atoms with Crippen LogP contribution in [0.2, 0.25) is 5.02 Å². The fourth-order valence-electron chi connectivity index (χ4n) is 1.97. The van der Waals surface area contributed by atoms with Crippen LogP contribution in [0.3, 0.4) is 0 Å². The van der Waals surface area contributed by atoms with Crippen molar-refractivity contribution in [2.24, 2.45) is 5.92 Å². The lowest BCUT2D eigenvalue weighted by Gasteiger charge is -2.29. The molecule has 1 fully saturated rings. The highest BCUT2D eigenvalue weighted by atomic mass is 35.5. The molecule has 2 unspecified atom stereocenters. The van der Waals surface area contributed by atoms with Crippen LogP contribution < -0.4 is 5.32 Å². The Balaban J connectivity index is 1.84. The summed E-state index contributed by atoms with van der Waals surface area (Å²) in [7, 11) is 0. The van der Waals surface area contributed by atoms with Gasteiger partial charge in [0.05, 0.1) is 12.7 Å². The molecule has 0 aromatic heterocycles. The van der Waals surface area contributed by atoms with Crippen LogP contribution in [0.1, 0.15) is 18.9 Å². The quantitative estimate of drug-likeness (QED) is 0.876. The molecule has 2 rings (SSSR count). The van der Waals surface area contributed by atoms with Crippen molar-refractivity contribution < 1.29 is 4.74 Å². The van der Waals surface area contributed by atoms with E-state index < -0.39 is 0 Å². The van der Waals surface area contributed by atoms with Crippen LogP contribution in [0.15, 0.2) is 24.3 Å². The monoisotopic (exact) mass is 239 g/mol. The minimum Gasteiger partial charge on any atom is -0.372 e. The van der Waals surface area contributed by atoms with Gasteiger partial charge in [-0.2, -0.15) is 0 Å². The maximum absolute atomic E-state index is 5.92. The van der Waals surface area contributed by atoms with E-state index >= 15 is 0 Å². The van der Waals surface area contributed by atoms with Crippen molar-refractivity contribution in [1.82, 2.24) is 5.32 Å². The normalized spacial score (nSPS) is 25.6. The molecule has 16 heavy (non-hydrogen) atoms. The first-order valence-corrected chi connectivity index (χ1v) is 6.20. The van der Waals surface area contributed by atoms with Crippen molar-refractivity contribution in [2.75, 3.05) is 13.1 Å². The number of hydrogen-bond acceptors (Lipinski definition) is 2. The van der Waals surface area contributed by atoms with E-state index in [0.717, 1.165) is 18.1 Å². The molecule has 3 heteroatoms. The molecule has 1 N–H and O–H groups in total. The molecule has 1 aliphatic heterocycles. The molecule has 1 aromatic rings. The van der Waals surface area contributed by atoms with E-state index in [1.165, 1.54) is 12.0 Å². The molecule has 0 bridgehead atoms. The largest absolute Gasteiger partial charge is 0.372 e. The molecule has 1 heterocycles. The van der Waals surface area contributed by atoms with Crippen LogP contribution in [0.4, 0.5) is 0 Å². The highest BCUT2D eigenvalue weighted by Crippen LogP contribution is 2.17. The van der Waals surface area contributed by atoms with Crippen molar-refractivity contribution in [2.45, 2.75) is 26.1 Å². The van der Waals surface area contributed by atoms with Gasteiger partial charge in [0.15, 0.2) is 0 Å². The first-order valence-electron chi connectivity index (χ1n) is 5.82. The summed E-state index contributed by atoms with van der Waals surface area (Å²) in [6.07, 6.45) is 1.54. The zero-order valence-corrected chi connectivity index (χ0v) is 10.3. The van der Waals surface area contributed by atoms with Crippen molar-refractivity contribution in [3.63, 3.8) is 0 Å². The van der Waals surface area contributed by atoms with Crippen molar-refractivity contribution in [1.29, 1.82) is 0 Å². The number of piperidine rings is 1. The molecule has 0 saturated carbocycles. The average molecular weight is 240 g/mol. The van der Waals surface area contributed by atoms with Gasteiger partial charge in [0.2, 0.25) is 0 Å². The van der Waals surface area contributed by atoms with Crippen LogP contribution in [0.5, 0.6) is 0 Å². The molecule has 0 radical (unpaired) electrons. The predicted octanol–water partition coefficient (Wildman–Crippen LogP) is 2.85. The third-order valence-corrected chi connectivity index (χ3v) is 3.39.